The number of aromatic nitrogens is 2. The zero-order valence-electron chi connectivity index (χ0n) is 22.2. The van der Waals surface area contributed by atoms with E-state index in [1.165, 1.54) is 0 Å². The Hall–Kier alpha value is -3.81. The first kappa shape index (κ1) is 25.8. The van der Waals surface area contributed by atoms with E-state index in [9.17, 15) is 10.1 Å². The van der Waals surface area contributed by atoms with E-state index in [1.54, 1.807) is 11.8 Å². The highest BCUT2D eigenvalue weighted by Crippen LogP contribution is 2.48. The van der Waals surface area contributed by atoms with Crippen molar-refractivity contribution in [1.29, 1.82) is 5.26 Å². The van der Waals surface area contributed by atoms with Crippen molar-refractivity contribution >= 4 is 28.9 Å². The second-order valence-corrected chi connectivity index (χ2v) is 12.1. The van der Waals surface area contributed by atoms with Gasteiger partial charge in [-0.25, -0.2) is 4.85 Å². The molecule has 192 valence electrons. The summed E-state index contributed by atoms with van der Waals surface area (Å²) in [5.41, 5.74) is 5.18. The lowest BCUT2D eigenvalue weighted by atomic mass is 9.89. The number of hydrogen-bond acceptors (Lipinski definition) is 4. The number of nitriles is 1. The predicted molar refractivity (Wildman–Crippen MR) is 151 cm³/mol. The highest BCUT2D eigenvalue weighted by atomic mass is 32.2. The molecule has 1 amide bonds. The van der Waals surface area contributed by atoms with Gasteiger partial charge >= 0.3 is 0 Å². The van der Waals surface area contributed by atoms with E-state index in [1.807, 2.05) is 62.2 Å². The van der Waals surface area contributed by atoms with Crippen molar-refractivity contribution in [3.05, 3.63) is 93.5 Å². The summed E-state index contributed by atoms with van der Waals surface area (Å²) in [4.78, 5) is 20.3. The van der Waals surface area contributed by atoms with Gasteiger partial charge in [-0.2, -0.15) is 10.4 Å². The highest BCUT2D eigenvalue weighted by molar-refractivity contribution is 8.03. The van der Waals surface area contributed by atoms with Gasteiger partial charge in [-0.15, -0.1) is 11.8 Å². The predicted octanol–water partition coefficient (Wildman–Crippen LogP) is 7.03. The number of benzene rings is 1. The lowest BCUT2D eigenvalue weighted by molar-refractivity contribution is -0.140. The van der Waals surface area contributed by atoms with Crippen LogP contribution in [0.3, 0.4) is 0 Å². The third kappa shape index (κ3) is 4.75. The molecule has 6 nitrogen and oxygen atoms in total. The molecule has 0 spiro atoms. The Morgan fingerprint density at radius 3 is 2.66 bits per heavy atom. The van der Waals surface area contributed by atoms with Crippen molar-refractivity contribution < 1.29 is 4.79 Å². The van der Waals surface area contributed by atoms with Gasteiger partial charge in [0.15, 0.2) is 0 Å². The summed E-state index contributed by atoms with van der Waals surface area (Å²) in [6.07, 6.45) is 12.0. The summed E-state index contributed by atoms with van der Waals surface area (Å²) >= 11 is 1.55. The SMILES string of the molecule is [C-]#[N+]c1ccccc1SC1=CC(c2cnn(C3CCN(C(=O)C(C)(C)C)CC3)c2C)=CC2C=CC(C#N)=C12. The summed E-state index contributed by atoms with van der Waals surface area (Å²) < 4.78 is 2.13. The van der Waals surface area contributed by atoms with Crippen molar-refractivity contribution in [1.82, 2.24) is 14.7 Å². The van der Waals surface area contributed by atoms with Crippen LogP contribution in [0.15, 0.2) is 75.7 Å². The van der Waals surface area contributed by atoms with Crippen LogP contribution in [0.2, 0.25) is 0 Å². The van der Waals surface area contributed by atoms with Crippen LogP contribution in [0, 0.1) is 36.2 Å². The fourth-order valence-electron chi connectivity index (χ4n) is 5.43. The maximum atomic E-state index is 12.7. The molecule has 1 aromatic heterocycles. The molecule has 0 bridgehead atoms. The van der Waals surface area contributed by atoms with Crippen LogP contribution in [0.1, 0.15) is 50.9 Å². The highest BCUT2D eigenvalue weighted by Gasteiger charge is 2.32. The number of fused-ring (bicyclic) bond motifs is 1. The second kappa shape index (κ2) is 10.2. The van der Waals surface area contributed by atoms with Crippen molar-refractivity contribution in [2.24, 2.45) is 11.3 Å². The van der Waals surface area contributed by atoms with Gasteiger partial charge in [0.1, 0.15) is 0 Å². The Bertz CT molecular complexity index is 1490. The van der Waals surface area contributed by atoms with Crippen LogP contribution < -0.4 is 0 Å². The van der Waals surface area contributed by atoms with Crippen molar-refractivity contribution in [2.75, 3.05) is 13.1 Å². The molecule has 5 rings (SSSR count). The van der Waals surface area contributed by atoms with Gasteiger partial charge in [-0.1, -0.05) is 57.2 Å². The van der Waals surface area contributed by atoms with Crippen LogP contribution in [0.4, 0.5) is 5.69 Å². The molecule has 2 aliphatic carbocycles. The van der Waals surface area contributed by atoms with Gasteiger partial charge in [0, 0.05) is 45.5 Å². The van der Waals surface area contributed by atoms with E-state index in [4.69, 9.17) is 11.7 Å². The number of thioether (sulfide) groups is 1. The largest absolute Gasteiger partial charge is 0.342 e. The average molecular weight is 522 g/mol. The summed E-state index contributed by atoms with van der Waals surface area (Å²) in [5, 5.41) is 14.6. The third-order valence-electron chi connectivity index (χ3n) is 7.43. The third-order valence-corrected chi connectivity index (χ3v) is 8.55. The topological polar surface area (TPSA) is 66.3 Å². The number of para-hydroxylation sites is 1. The van der Waals surface area contributed by atoms with Crippen molar-refractivity contribution in [2.45, 2.75) is 51.5 Å². The number of hydrogen-bond donors (Lipinski definition) is 0. The van der Waals surface area contributed by atoms with Crippen LogP contribution in [-0.4, -0.2) is 33.7 Å². The van der Waals surface area contributed by atoms with Gasteiger partial charge < -0.3 is 4.90 Å². The van der Waals surface area contributed by atoms with Gasteiger partial charge in [0.05, 0.1) is 30.5 Å². The Labute approximate surface area is 228 Å². The van der Waals surface area contributed by atoms with Gasteiger partial charge in [-0.05, 0) is 43.1 Å². The Morgan fingerprint density at radius 1 is 1.24 bits per heavy atom. The summed E-state index contributed by atoms with van der Waals surface area (Å²) in [6.45, 7) is 17.1. The molecule has 0 saturated carbocycles. The van der Waals surface area contributed by atoms with Crippen molar-refractivity contribution in [3.63, 3.8) is 0 Å². The molecule has 1 saturated heterocycles. The second-order valence-electron chi connectivity index (χ2n) is 11.0. The minimum atomic E-state index is -0.361. The number of likely N-dealkylation sites (tertiary alicyclic amines) is 1. The smallest absolute Gasteiger partial charge is 0.227 e. The number of nitrogens with zero attached hydrogens (tertiary/aromatic N) is 5. The molecule has 0 N–H and O–H groups in total. The molecule has 1 unspecified atom stereocenters. The maximum absolute atomic E-state index is 12.7. The lowest BCUT2D eigenvalue weighted by Crippen LogP contribution is -2.44. The van der Waals surface area contributed by atoms with E-state index in [0.29, 0.717) is 11.3 Å². The molecule has 38 heavy (non-hydrogen) atoms. The number of carbonyl (C=O) groups excluding carboxylic acids is 1. The number of rotatable bonds is 4. The fourth-order valence-corrected chi connectivity index (χ4v) is 6.57. The van der Waals surface area contributed by atoms with E-state index < -0.39 is 0 Å². The zero-order valence-corrected chi connectivity index (χ0v) is 23.0. The summed E-state index contributed by atoms with van der Waals surface area (Å²) in [5.74, 6) is 0.225. The molecule has 1 aromatic carbocycles. The first-order valence-corrected chi connectivity index (χ1v) is 13.8. The van der Waals surface area contributed by atoms with Gasteiger partial charge in [0.2, 0.25) is 11.6 Å². The minimum absolute atomic E-state index is 0.0154. The van der Waals surface area contributed by atoms with Crippen LogP contribution in [-0.2, 0) is 4.79 Å². The van der Waals surface area contributed by atoms with Crippen molar-refractivity contribution in [3.8, 4) is 6.07 Å². The normalized spacial score (nSPS) is 19.5. The monoisotopic (exact) mass is 521 g/mol. The quantitative estimate of drug-likeness (QED) is 0.405. The summed E-state index contributed by atoms with van der Waals surface area (Å²) in [7, 11) is 0. The maximum Gasteiger partial charge on any atom is 0.227 e. The molecular formula is C31H31N5OS. The van der Waals surface area contributed by atoms with E-state index >= 15 is 0 Å². The molecular weight excluding hydrogens is 490 g/mol. The molecule has 1 aliphatic heterocycles. The molecule has 1 fully saturated rings. The summed E-state index contributed by atoms with van der Waals surface area (Å²) in [6, 6.07) is 10.2. The average Bonchev–Trinajstić information content (AvgIpc) is 3.51. The fraction of sp³-hybridized carbons (Fsp3) is 0.355. The van der Waals surface area contributed by atoms with E-state index in [-0.39, 0.29) is 23.3 Å². The number of carbonyl (C=O) groups is 1. The standard InChI is InChI=1S/C31H31N5OS/c1-20-25(19-34-36(20)24-12-14-35(15-13-24)30(37)31(2,3)4)23-16-21-10-11-22(18-32)29(21)28(17-23)38-27-9-7-6-8-26(27)33-5/h6-11,16-17,19,21,24H,12-15H2,1-4H3. The number of allylic oxidation sites excluding steroid dienone is 7. The zero-order chi connectivity index (χ0) is 27.0. The first-order valence-electron chi connectivity index (χ1n) is 13.0. The first-order chi connectivity index (χ1) is 18.2. The molecule has 0 radical (unpaired) electrons. The molecule has 2 aromatic rings. The van der Waals surface area contributed by atoms with Crippen LogP contribution in [0.25, 0.3) is 10.4 Å². The minimum Gasteiger partial charge on any atom is -0.342 e. The molecule has 7 heteroatoms. The molecule has 3 aliphatic rings. The van der Waals surface area contributed by atoms with Crippen LogP contribution in [0.5, 0.6) is 0 Å². The lowest BCUT2D eigenvalue weighted by Gasteiger charge is -2.36. The molecule has 2 heterocycles. The Morgan fingerprint density at radius 2 is 1.97 bits per heavy atom. The number of amides is 1. The number of piperidine rings is 1. The van der Waals surface area contributed by atoms with Gasteiger partial charge in [-0.3, -0.25) is 9.48 Å². The Balaban J connectivity index is 1.43. The Kier molecular flexibility index (Phi) is 6.90. The molecule has 1 atom stereocenters. The van der Waals surface area contributed by atoms with Gasteiger partial charge in [0.25, 0.3) is 0 Å². The van der Waals surface area contributed by atoms with E-state index in [0.717, 1.165) is 58.1 Å². The van der Waals surface area contributed by atoms with Crippen LogP contribution >= 0.6 is 11.8 Å². The van der Waals surface area contributed by atoms with E-state index in [2.05, 4.69) is 40.7 Å².